The number of phenolic OH excluding ortho intramolecular Hbond substituents is 1. The number of fused-ring (bicyclic) bond motifs is 1. The van der Waals surface area contributed by atoms with E-state index >= 15 is 0 Å². The van der Waals surface area contributed by atoms with Gasteiger partial charge in [-0.15, -0.1) is 0 Å². The molecule has 0 unspecified atom stereocenters. The molecule has 150 valence electrons. The van der Waals surface area contributed by atoms with E-state index in [0.717, 1.165) is 31.0 Å². The van der Waals surface area contributed by atoms with Crippen molar-refractivity contribution < 1.29 is 27.8 Å². The Morgan fingerprint density at radius 1 is 1.21 bits per heavy atom. The van der Waals surface area contributed by atoms with E-state index in [9.17, 15) is 18.7 Å². The van der Waals surface area contributed by atoms with Crippen LogP contribution in [0.1, 0.15) is 23.2 Å². The van der Waals surface area contributed by atoms with Crippen molar-refractivity contribution in [1.29, 1.82) is 0 Å². The van der Waals surface area contributed by atoms with E-state index in [1.165, 1.54) is 18.2 Å². The molecule has 2 N–H and O–H groups in total. The van der Waals surface area contributed by atoms with Gasteiger partial charge >= 0.3 is 0 Å². The molecule has 6 nitrogen and oxygen atoms in total. The Labute approximate surface area is 164 Å². The summed E-state index contributed by atoms with van der Waals surface area (Å²) < 4.78 is 38.7. The summed E-state index contributed by atoms with van der Waals surface area (Å²) in [6.07, 6.45) is 1.73. The molecule has 1 aromatic heterocycles. The molecule has 1 atom stereocenters. The highest BCUT2D eigenvalue weighted by Crippen LogP contribution is 2.22. The minimum Gasteiger partial charge on any atom is -0.508 e. The molecule has 1 saturated heterocycles. The quantitative estimate of drug-likeness (QED) is 0.702. The Morgan fingerprint density at radius 3 is 2.86 bits per heavy atom. The summed E-state index contributed by atoms with van der Waals surface area (Å²) in [5.74, 6) is -1.95. The van der Waals surface area contributed by atoms with Crippen LogP contribution in [0.15, 0.2) is 51.9 Å². The minimum atomic E-state index is -0.761. The van der Waals surface area contributed by atoms with Crippen LogP contribution < -0.4 is 10.9 Å². The van der Waals surface area contributed by atoms with Crippen LogP contribution in [0.25, 0.3) is 11.0 Å². The molecule has 1 aliphatic heterocycles. The van der Waals surface area contributed by atoms with Crippen LogP contribution in [0, 0.1) is 11.6 Å². The summed E-state index contributed by atoms with van der Waals surface area (Å²) in [5.41, 5.74) is -0.194. The number of rotatable bonds is 4. The van der Waals surface area contributed by atoms with Crippen LogP contribution >= 0.6 is 0 Å². The number of ether oxygens (including phenoxy) is 1. The van der Waals surface area contributed by atoms with E-state index in [0.29, 0.717) is 18.5 Å². The Kier molecular flexibility index (Phi) is 5.26. The first-order chi connectivity index (χ1) is 14.0. The maximum absolute atomic E-state index is 14.1. The Hall–Kier alpha value is -3.26. The highest BCUT2D eigenvalue weighted by molar-refractivity contribution is 5.96. The largest absolute Gasteiger partial charge is 0.508 e. The van der Waals surface area contributed by atoms with Crippen molar-refractivity contribution in [2.24, 2.45) is 4.99 Å². The number of aromatic hydroxyl groups is 1. The summed E-state index contributed by atoms with van der Waals surface area (Å²) in [4.78, 5) is 16.8. The van der Waals surface area contributed by atoms with E-state index in [4.69, 9.17) is 9.15 Å². The van der Waals surface area contributed by atoms with Crippen molar-refractivity contribution in [3.8, 4) is 5.75 Å². The third kappa shape index (κ3) is 4.27. The number of carbonyl (C=O) groups excluding carboxylic acids is 1. The molecule has 1 aliphatic rings. The number of hydrogen-bond donors (Lipinski definition) is 2. The van der Waals surface area contributed by atoms with Gasteiger partial charge in [0.2, 0.25) is 5.55 Å². The van der Waals surface area contributed by atoms with Gasteiger partial charge in [-0.2, -0.15) is 0 Å². The van der Waals surface area contributed by atoms with Crippen LogP contribution in [0.2, 0.25) is 0 Å². The van der Waals surface area contributed by atoms with Crippen molar-refractivity contribution in [3.05, 3.63) is 65.2 Å². The first kappa shape index (κ1) is 19.1. The third-order valence-electron chi connectivity index (χ3n) is 4.62. The van der Waals surface area contributed by atoms with E-state index in [-0.39, 0.29) is 34.2 Å². The van der Waals surface area contributed by atoms with Crippen LogP contribution in [0.3, 0.4) is 0 Å². The van der Waals surface area contributed by atoms with E-state index in [1.807, 2.05) is 0 Å². The van der Waals surface area contributed by atoms with Gasteiger partial charge in [0, 0.05) is 30.7 Å². The monoisotopic (exact) mass is 400 g/mol. The molecule has 8 heteroatoms. The fourth-order valence-corrected chi connectivity index (χ4v) is 3.14. The highest BCUT2D eigenvalue weighted by Gasteiger charge is 2.19. The molecule has 0 saturated carbocycles. The second-order valence-corrected chi connectivity index (χ2v) is 6.74. The van der Waals surface area contributed by atoms with E-state index < -0.39 is 17.5 Å². The van der Waals surface area contributed by atoms with Gasteiger partial charge in [0.25, 0.3) is 5.91 Å². The van der Waals surface area contributed by atoms with Crippen LogP contribution in [0.4, 0.5) is 14.5 Å². The molecule has 1 fully saturated rings. The zero-order valence-corrected chi connectivity index (χ0v) is 15.3. The number of carbonyl (C=O) groups is 1. The van der Waals surface area contributed by atoms with Gasteiger partial charge in [-0.1, -0.05) is 0 Å². The molecule has 0 bridgehead atoms. The molecule has 2 aromatic carbocycles. The maximum atomic E-state index is 14.1. The minimum absolute atomic E-state index is 0.0419. The molecule has 0 aliphatic carbocycles. The Bertz CT molecular complexity index is 1140. The summed E-state index contributed by atoms with van der Waals surface area (Å²) >= 11 is 0. The van der Waals surface area contributed by atoms with E-state index in [1.54, 1.807) is 6.07 Å². The van der Waals surface area contributed by atoms with Crippen molar-refractivity contribution in [3.63, 3.8) is 0 Å². The maximum Gasteiger partial charge on any atom is 0.256 e. The van der Waals surface area contributed by atoms with Crippen LogP contribution in [0.5, 0.6) is 5.75 Å². The average Bonchev–Trinajstić information content (AvgIpc) is 3.22. The van der Waals surface area contributed by atoms with Gasteiger partial charge in [0.05, 0.1) is 6.10 Å². The van der Waals surface area contributed by atoms with Crippen molar-refractivity contribution in [2.75, 3.05) is 13.2 Å². The fraction of sp³-hybridized carbons (Fsp3) is 0.238. The number of amides is 1. The molecular weight excluding hydrogens is 382 g/mol. The van der Waals surface area contributed by atoms with Crippen LogP contribution in [-0.2, 0) is 4.74 Å². The molecule has 3 aromatic rings. The average molecular weight is 400 g/mol. The van der Waals surface area contributed by atoms with Gasteiger partial charge in [0.1, 0.15) is 34.2 Å². The van der Waals surface area contributed by atoms with Gasteiger partial charge in [-0.05, 0) is 43.2 Å². The van der Waals surface area contributed by atoms with Crippen molar-refractivity contribution >= 4 is 22.6 Å². The molecule has 29 heavy (non-hydrogen) atoms. The number of halogens is 2. The predicted octanol–water partition coefficient (Wildman–Crippen LogP) is 3.56. The SMILES string of the molecule is O=C(NC[C@H]1CCCO1)c1cc2ccc(O)cc2oc1=Nc1cc(F)ccc1F. The zero-order chi connectivity index (χ0) is 20.4. The lowest BCUT2D eigenvalue weighted by Gasteiger charge is -2.11. The highest BCUT2D eigenvalue weighted by atomic mass is 19.1. The number of phenols is 1. The lowest BCUT2D eigenvalue weighted by molar-refractivity contribution is 0.0854. The number of hydrogen-bond acceptors (Lipinski definition) is 5. The number of nitrogens with one attached hydrogen (secondary N) is 1. The topological polar surface area (TPSA) is 84.1 Å². The smallest absolute Gasteiger partial charge is 0.256 e. The van der Waals surface area contributed by atoms with Gasteiger partial charge in [-0.3, -0.25) is 4.79 Å². The normalized spacial score (nSPS) is 17.0. The van der Waals surface area contributed by atoms with Crippen molar-refractivity contribution in [1.82, 2.24) is 5.32 Å². The number of benzene rings is 2. The second kappa shape index (κ2) is 8.00. The van der Waals surface area contributed by atoms with Crippen molar-refractivity contribution in [2.45, 2.75) is 18.9 Å². The summed E-state index contributed by atoms with van der Waals surface area (Å²) in [6, 6.07) is 8.74. The number of nitrogens with zero attached hydrogens (tertiary/aromatic N) is 1. The molecule has 1 amide bonds. The molecule has 0 spiro atoms. The van der Waals surface area contributed by atoms with Crippen LogP contribution in [-0.4, -0.2) is 30.3 Å². The van der Waals surface area contributed by atoms with E-state index in [2.05, 4.69) is 10.3 Å². The molecular formula is C21H18F2N2O4. The third-order valence-corrected chi connectivity index (χ3v) is 4.62. The molecule has 4 rings (SSSR count). The first-order valence-electron chi connectivity index (χ1n) is 9.16. The predicted molar refractivity (Wildman–Crippen MR) is 101 cm³/mol. The molecule has 2 heterocycles. The Balaban J connectivity index is 1.79. The lowest BCUT2D eigenvalue weighted by Crippen LogP contribution is -2.34. The Morgan fingerprint density at radius 2 is 2.07 bits per heavy atom. The summed E-state index contributed by atoms with van der Waals surface area (Å²) in [7, 11) is 0. The standard InChI is InChI=1S/C21H18F2N2O4/c22-13-4-6-17(23)18(9-13)25-21-16(20(27)24-11-15-2-1-7-28-15)8-12-3-5-14(26)10-19(12)29-21/h3-6,8-10,15,26H,1-2,7,11H2,(H,24,27)/t15-/m1/s1. The second-order valence-electron chi connectivity index (χ2n) is 6.74. The van der Waals surface area contributed by atoms with Gasteiger partial charge in [-0.25, -0.2) is 13.8 Å². The fourth-order valence-electron chi connectivity index (χ4n) is 3.14. The molecule has 0 radical (unpaired) electrons. The summed E-state index contributed by atoms with van der Waals surface area (Å²) in [5, 5.41) is 13.0. The summed E-state index contributed by atoms with van der Waals surface area (Å²) in [6.45, 7) is 0.981. The van der Waals surface area contributed by atoms with Gasteiger partial charge < -0.3 is 19.6 Å². The lowest BCUT2D eigenvalue weighted by atomic mass is 10.1. The first-order valence-corrected chi connectivity index (χ1v) is 9.16. The zero-order valence-electron chi connectivity index (χ0n) is 15.3. The van der Waals surface area contributed by atoms with Gasteiger partial charge in [0.15, 0.2) is 0 Å².